The average Bonchev–Trinajstić information content (AvgIpc) is 2.85. The molecule has 1 unspecified atom stereocenters. The zero-order chi connectivity index (χ0) is 15.1. The highest BCUT2D eigenvalue weighted by Crippen LogP contribution is 2.18. The third-order valence-electron chi connectivity index (χ3n) is 2.82. The summed E-state index contributed by atoms with van der Waals surface area (Å²) < 4.78 is 1.88. The van der Waals surface area contributed by atoms with Crippen LogP contribution in [0.25, 0.3) is 0 Å². The number of aromatic nitrogens is 3. The number of hydrogen-bond acceptors (Lipinski definition) is 5. The quantitative estimate of drug-likeness (QED) is 0.700. The van der Waals surface area contributed by atoms with Gasteiger partial charge in [-0.2, -0.15) is 0 Å². The fourth-order valence-corrected chi connectivity index (χ4v) is 2.39. The van der Waals surface area contributed by atoms with Gasteiger partial charge in [0.15, 0.2) is 5.16 Å². The Bertz CT molecular complexity index is 461. The number of carboxylic acid groups (broad SMARTS) is 1. The second-order valence-corrected chi connectivity index (χ2v) is 5.59. The summed E-state index contributed by atoms with van der Waals surface area (Å²) in [4.78, 5) is 22.5. The molecule has 0 aliphatic rings. The minimum atomic E-state index is -0.889. The van der Waals surface area contributed by atoms with Gasteiger partial charge in [0, 0.05) is 12.6 Å². The minimum Gasteiger partial charge on any atom is -0.481 e. The van der Waals surface area contributed by atoms with Crippen LogP contribution < -0.4 is 5.32 Å². The maximum absolute atomic E-state index is 11.7. The van der Waals surface area contributed by atoms with Crippen LogP contribution in [0.4, 0.5) is 0 Å². The van der Waals surface area contributed by atoms with Gasteiger partial charge >= 0.3 is 5.97 Å². The fraction of sp³-hybridized carbons (Fsp3) is 0.667. The number of carboxylic acids is 1. The Labute approximate surface area is 122 Å². The molecule has 0 saturated carbocycles. The van der Waals surface area contributed by atoms with Gasteiger partial charge in [-0.25, -0.2) is 0 Å². The number of nitrogens with one attached hydrogen (secondary N) is 1. The monoisotopic (exact) mass is 300 g/mol. The molecule has 0 saturated heterocycles. The minimum absolute atomic E-state index is 0.155. The standard InChI is InChI=1S/C12H20N4O3S/c1-4-9(11(18)19)5-13-10(17)6-20-12-15-14-7-16(12)8(2)3/h7-9H,4-6H2,1-3H3,(H,13,17)(H,18,19). The summed E-state index contributed by atoms with van der Waals surface area (Å²) in [6.45, 7) is 5.95. The molecule has 0 bridgehead atoms. The topological polar surface area (TPSA) is 97.1 Å². The van der Waals surface area contributed by atoms with Crippen molar-refractivity contribution in [3.05, 3.63) is 6.33 Å². The molecular weight excluding hydrogens is 280 g/mol. The Morgan fingerprint density at radius 1 is 1.50 bits per heavy atom. The van der Waals surface area contributed by atoms with Crippen LogP contribution in [0.3, 0.4) is 0 Å². The Morgan fingerprint density at radius 2 is 2.20 bits per heavy atom. The molecule has 20 heavy (non-hydrogen) atoms. The summed E-state index contributed by atoms with van der Waals surface area (Å²) >= 11 is 1.29. The van der Waals surface area contributed by atoms with Crippen LogP contribution in [0, 0.1) is 5.92 Å². The fourth-order valence-electron chi connectivity index (χ4n) is 1.51. The number of nitrogens with zero attached hydrogens (tertiary/aromatic N) is 3. The number of rotatable bonds is 8. The number of carbonyl (C=O) groups is 2. The highest BCUT2D eigenvalue weighted by atomic mass is 32.2. The first-order valence-corrected chi connectivity index (χ1v) is 7.46. The molecule has 1 amide bonds. The Morgan fingerprint density at radius 3 is 2.75 bits per heavy atom. The zero-order valence-electron chi connectivity index (χ0n) is 11.9. The second-order valence-electron chi connectivity index (χ2n) is 4.65. The SMILES string of the molecule is CCC(CNC(=O)CSc1nncn1C(C)C)C(=O)O. The smallest absolute Gasteiger partial charge is 0.308 e. The van der Waals surface area contributed by atoms with Crippen LogP contribution in [-0.2, 0) is 9.59 Å². The Hall–Kier alpha value is -1.57. The van der Waals surface area contributed by atoms with Crippen molar-refractivity contribution in [2.45, 2.75) is 38.4 Å². The van der Waals surface area contributed by atoms with E-state index in [0.29, 0.717) is 11.6 Å². The van der Waals surface area contributed by atoms with Gasteiger partial charge in [-0.1, -0.05) is 18.7 Å². The van der Waals surface area contributed by atoms with Gasteiger partial charge in [-0.15, -0.1) is 10.2 Å². The van der Waals surface area contributed by atoms with E-state index in [4.69, 9.17) is 5.11 Å². The van der Waals surface area contributed by atoms with Crippen molar-refractivity contribution in [3.63, 3.8) is 0 Å². The van der Waals surface area contributed by atoms with Crippen molar-refractivity contribution in [2.24, 2.45) is 5.92 Å². The molecule has 0 aliphatic heterocycles. The molecule has 8 heteroatoms. The molecule has 0 spiro atoms. The van der Waals surface area contributed by atoms with Crippen LogP contribution in [-0.4, -0.2) is 44.0 Å². The maximum Gasteiger partial charge on any atom is 0.308 e. The predicted molar refractivity (Wildman–Crippen MR) is 75.6 cm³/mol. The highest BCUT2D eigenvalue weighted by Gasteiger charge is 2.16. The molecule has 0 aromatic carbocycles. The average molecular weight is 300 g/mol. The molecule has 1 heterocycles. The van der Waals surface area contributed by atoms with E-state index in [-0.39, 0.29) is 24.2 Å². The van der Waals surface area contributed by atoms with Crippen molar-refractivity contribution in [3.8, 4) is 0 Å². The molecule has 0 radical (unpaired) electrons. The van der Waals surface area contributed by atoms with Crippen molar-refractivity contribution in [1.82, 2.24) is 20.1 Å². The van der Waals surface area contributed by atoms with Crippen molar-refractivity contribution in [2.75, 3.05) is 12.3 Å². The summed E-state index contributed by atoms with van der Waals surface area (Å²) in [5.74, 6) is -1.43. The highest BCUT2D eigenvalue weighted by molar-refractivity contribution is 7.99. The third kappa shape index (κ3) is 4.84. The number of thioether (sulfide) groups is 1. The van der Waals surface area contributed by atoms with Crippen LogP contribution in [0.15, 0.2) is 11.5 Å². The Kier molecular flexibility index (Phi) is 6.50. The number of aliphatic carboxylic acids is 1. The van der Waals surface area contributed by atoms with Gasteiger partial charge in [-0.3, -0.25) is 9.59 Å². The van der Waals surface area contributed by atoms with E-state index >= 15 is 0 Å². The lowest BCUT2D eigenvalue weighted by molar-refractivity contribution is -0.141. The largest absolute Gasteiger partial charge is 0.481 e. The van der Waals surface area contributed by atoms with E-state index in [0.717, 1.165) is 0 Å². The van der Waals surface area contributed by atoms with E-state index in [1.165, 1.54) is 11.8 Å². The van der Waals surface area contributed by atoms with Crippen molar-refractivity contribution < 1.29 is 14.7 Å². The molecule has 1 aromatic heterocycles. The molecule has 1 rings (SSSR count). The van der Waals surface area contributed by atoms with Crippen LogP contribution in [0.5, 0.6) is 0 Å². The first kappa shape index (κ1) is 16.5. The van der Waals surface area contributed by atoms with Crippen LogP contribution in [0.2, 0.25) is 0 Å². The molecular formula is C12H20N4O3S. The number of hydrogen-bond donors (Lipinski definition) is 2. The summed E-state index contributed by atoms with van der Waals surface area (Å²) in [7, 11) is 0. The van der Waals surface area contributed by atoms with E-state index in [9.17, 15) is 9.59 Å². The van der Waals surface area contributed by atoms with Gasteiger partial charge < -0.3 is 15.0 Å². The zero-order valence-corrected chi connectivity index (χ0v) is 12.7. The first-order chi connectivity index (χ1) is 9.45. The predicted octanol–water partition coefficient (Wildman–Crippen LogP) is 1.18. The number of amides is 1. The molecule has 7 nitrogen and oxygen atoms in total. The first-order valence-electron chi connectivity index (χ1n) is 6.47. The van der Waals surface area contributed by atoms with E-state index in [1.807, 2.05) is 18.4 Å². The summed E-state index contributed by atoms with van der Waals surface area (Å²) in [6.07, 6.45) is 2.12. The van der Waals surface area contributed by atoms with Gasteiger partial charge in [0.05, 0.1) is 11.7 Å². The molecule has 2 N–H and O–H groups in total. The van der Waals surface area contributed by atoms with E-state index in [1.54, 1.807) is 13.3 Å². The normalized spacial score (nSPS) is 12.4. The molecule has 1 atom stereocenters. The second kappa shape index (κ2) is 7.88. The van der Waals surface area contributed by atoms with Gasteiger partial charge in [-0.05, 0) is 20.3 Å². The maximum atomic E-state index is 11.7. The van der Waals surface area contributed by atoms with E-state index in [2.05, 4.69) is 15.5 Å². The summed E-state index contributed by atoms with van der Waals surface area (Å²) in [6, 6.07) is 0.229. The van der Waals surface area contributed by atoms with Crippen molar-refractivity contribution in [1.29, 1.82) is 0 Å². The molecule has 1 aromatic rings. The van der Waals surface area contributed by atoms with Crippen molar-refractivity contribution >= 4 is 23.6 Å². The lowest BCUT2D eigenvalue weighted by Crippen LogP contribution is -2.33. The van der Waals surface area contributed by atoms with Gasteiger partial charge in [0.2, 0.25) is 5.91 Å². The Balaban J connectivity index is 2.40. The summed E-state index contributed by atoms with van der Waals surface area (Å²) in [5, 5.41) is 20.0. The molecule has 0 fully saturated rings. The van der Waals surface area contributed by atoms with Gasteiger partial charge in [0.25, 0.3) is 0 Å². The lowest BCUT2D eigenvalue weighted by atomic mass is 10.1. The van der Waals surface area contributed by atoms with Gasteiger partial charge in [0.1, 0.15) is 6.33 Å². The van der Waals surface area contributed by atoms with Crippen LogP contribution in [0.1, 0.15) is 33.2 Å². The summed E-state index contributed by atoms with van der Waals surface area (Å²) in [5.41, 5.74) is 0. The molecule has 112 valence electrons. The molecule has 0 aliphatic carbocycles. The number of carbonyl (C=O) groups excluding carboxylic acids is 1. The third-order valence-corrected chi connectivity index (χ3v) is 3.77. The van der Waals surface area contributed by atoms with E-state index < -0.39 is 11.9 Å². The van der Waals surface area contributed by atoms with Crippen LogP contribution >= 0.6 is 11.8 Å². The lowest BCUT2D eigenvalue weighted by Gasteiger charge is -2.11.